The number of rotatable bonds is 18. The number of benzene rings is 4. The molecule has 6 aromatic rings. The summed E-state index contributed by atoms with van der Waals surface area (Å²) in [5.74, 6) is 1.58. The van der Waals surface area contributed by atoms with Crippen molar-refractivity contribution in [2.45, 2.75) is 139 Å². The molecule has 2 saturated carbocycles. The van der Waals surface area contributed by atoms with Gasteiger partial charge in [0.15, 0.2) is 11.6 Å². The largest absolute Gasteiger partial charge is 0.345 e. The van der Waals surface area contributed by atoms with E-state index in [1.807, 2.05) is 72.8 Å². The zero-order chi connectivity index (χ0) is 67.2. The zero-order valence-corrected chi connectivity index (χ0v) is 55.9. The third-order valence-corrected chi connectivity index (χ3v) is 20.4. The molecule has 2 saturated heterocycles. The molecule has 4 heterocycles. The standard InChI is InChI=1S/2C35H43N9O3/c2*1-20(2)29(37-19-31(45)44-26(18-36)15-25-16-30(25)44)17-35(34-38-40-41-39-34)27-11-9-23(32(46)42(3)4)13-21(27)7-8-22-14-24(10-12-28(22)35)33(47)43(5)6/h2*9-14,20,25-26,29-30,37H,7-8,15-17,19H2,1-6H3,(H,38,39,40,41)/t25-,26+,29+,30+;25-,26+,29-,30+/m11/s1. The van der Waals surface area contributed by atoms with Gasteiger partial charge in [-0.2, -0.15) is 21.0 Å². The molecule has 2 aromatic heterocycles. The van der Waals surface area contributed by atoms with E-state index in [1.54, 1.807) is 85.8 Å². The Bertz CT molecular complexity index is 3560. The van der Waals surface area contributed by atoms with Gasteiger partial charge in [0.25, 0.3) is 23.6 Å². The van der Waals surface area contributed by atoms with Gasteiger partial charge in [-0.05, 0) is 181 Å². The number of hydrogen-bond donors (Lipinski definition) is 4. The topological polar surface area (TPSA) is 302 Å². The number of nitrogens with zero attached hydrogens (tertiary/aromatic N) is 14. The number of likely N-dealkylation sites (tertiary alicyclic amines) is 2. The number of hydrogen-bond acceptors (Lipinski definition) is 16. The van der Waals surface area contributed by atoms with Gasteiger partial charge < -0.3 is 40.0 Å². The lowest BCUT2D eigenvalue weighted by Gasteiger charge is -2.38. The van der Waals surface area contributed by atoms with E-state index in [-0.39, 0.29) is 96.6 Å². The Morgan fingerprint density at radius 1 is 0.500 bits per heavy atom. The van der Waals surface area contributed by atoms with Crippen LogP contribution in [0.2, 0.25) is 0 Å². The van der Waals surface area contributed by atoms with Gasteiger partial charge in [0.05, 0.1) is 36.1 Å². The quantitative estimate of drug-likeness (QED) is 0.0869. The summed E-state index contributed by atoms with van der Waals surface area (Å²) >= 11 is 0. The summed E-state index contributed by atoms with van der Waals surface area (Å²) in [5.41, 5.74) is 8.31. The maximum Gasteiger partial charge on any atom is 0.253 e. The van der Waals surface area contributed by atoms with Gasteiger partial charge in [0, 0.05) is 103 Å². The van der Waals surface area contributed by atoms with Crippen molar-refractivity contribution >= 4 is 35.4 Å². The molecule has 0 unspecified atom stereocenters. The number of carbonyl (C=O) groups is 6. The molecular formula is C70H86N18O6. The second-order valence-corrected chi connectivity index (χ2v) is 27.9. The lowest BCUT2D eigenvalue weighted by Crippen LogP contribution is -2.49. The average Bonchev–Trinajstić information content (AvgIpc) is 1.16. The molecule has 4 aliphatic carbocycles. The highest BCUT2D eigenvalue weighted by Crippen LogP contribution is 2.52. The SMILES string of the molecule is CC(C)[C@@H](CC1(c2nn[nH]n2)c2ccc(C(=O)N(C)C)cc2CCc2cc(C(=O)N(C)C)ccc21)NCC(=O)N1[C@H](C#N)C[C@@H]2C[C@@H]21.CC(C)[C@H](CC1(c2nn[nH]n2)c2ccc(C(=O)N(C)C)cc2CCc2cc(C(=O)N(C)C)ccc21)NCC(=O)N1[C@H](C#N)C[C@@H]2C[C@@H]21. The number of aromatic amines is 2. The van der Waals surface area contributed by atoms with E-state index in [0.29, 0.717) is 84.3 Å². The van der Waals surface area contributed by atoms with E-state index in [4.69, 9.17) is 0 Å². The van der Waals surface area contributed by atoms with E-state index in [2.05, 4.69) is 91.7 Å². The molecule has 0 spiro atoms. The number of fused-ring (bicyclic) bond motifs is 6. The van der Waals surface area contributed by atoms with Crippen molar-refractivity contribution in [1.29, 1.82) is 10.5 Å². The van der Waals surface area contributed by atoms with Crippen molar-refractivity contribution in [2.24, 2.45) is 23.7 Å². The average molecular weight is 1280 g/mol. The van der Waals surface area contributed by atoms with Crippen LogP contribution in [0.15, 0.2) is 72.8 Å². The highest BCUT2D eigenvalue weighted by atomic mass is 16.2. The second-order valence-electron chi connectivity index (χ2n) is 27.9. The first-order valence-electron chi connectivity index (χ1n) is 32.7. The van der Waals surface area contributed by atoms with Crippen molar-refractivity contribution < 1.29 is 28.8 Å². The zero-order valence-electron chi connectivity index (χ0n) is 55.9. The van der Waals surface area contributed by atoms with Crippen molar-refractivity contribution in [3.8, 4) is 12.1 Å². The van der Waals surface area contributed by atoms with Gasteiger partial charge in [-0.3, -0.25) is 28.8 Å². The van der Waals surface area contributed by atoms with Crippen LogP contribution in [0.3, 0.4) is 0 Å². The van der Waals surface area contributed by atoms with Crippen molar-refractivity contribution in [3.63, 3.8) is 0 Å². The monoisotopic (exact) mass is 1270 g/mol. The fourth-order valence-corrected chi connectivity index (χ4v) is 15.3. The van der Waals surface area contributed by atoms with Gasteiger partial charge in [-0.25, -0.2) is 0 Å². The van der Waals surface area contributed by atoms with E-state index < -0.39 is 10.8 Å². The van der Waals surface area contributed by atoms with Crippen LogP contribution >= 0.6 is 0 Å². The Labute approximate surface area is 549 Å². The van der Waals surface area contributed by atoms with Gasteiger partial charge in [0.1, 0.15) is 12.1 Å². The highest BCUT2D eigenvalue weighted by molar-refractivity contribution is 5.96. The Morgan fingerprint density at radius 3 is 1.04 bits per heavy atom. The number of aryl methyl sites for hydroxylation is 4. The third-order valence-electron chi connectivity index (χ3n) is 20.4. The number of piperidine rings is 2. The summed E-state index contributed by atoms with van der Waals surface area (Å²) in [6, 6.07) is 27.2. The molecule has 4 aromatic carbocycles. The maximum absolute atomic E-state index is 13.5. The molecule has 0 radical (unpaired) electrons. The van der Waals surface area contributed by atoms with Gasteiger partial charge in [-0.15, -0.1) is 20.4 Å². The van der Waals surface area contributed by atoms with Crippen molar-refractivity contribution in [1.82, 2.24) is 81.3 Å². The lowest BCUT2D eigenvalue weighted by atomic mass is 9.66. The number of carbonyl (C=O) groups excluding carboxylic acids is 6. The molecule has 94 heavy (non-hydrogen) atoms. The predicted octanol–water partition coefficient (Wildman–Crippen LogP) is 5.11. The summed E-state index contributed by atoms with van der Waals surface area (Å²) in [7, 11) is 13.9. The Hall–Kier alpha value is -9.26. The van der Waals surface area contributed by atoms with Crippen LogP contribution in [0.1, 0.15) is 164 Å². The van der Waals surface area contributed by atoms with Crippen LogP contribution in [0, 0.1) is 46.3 Å². The highest BCUT2D eigenvalue weighted by Gasteiger charge is 2.56. The molecular weight excluding hydrogens is 1190 g/mol. The normalized spacial score (nSPS) is 21.1. The van der Waals surface area contributed by atoms with Crippen LogP contribution in [-0.2, 0) is 46.1 Å². The van der Waals surface area contributed by atoms with E-state index >= 15 is 0 Å². The molecule has 12 rings (SSSR count). The molecule has 6 amide bonds. The molecule has 24 nitrogen and oxygen atoms in total. The van der Waals surface area contributed by atoms with E-state index in [9.17, 15) is 39.3 Å². The first-order valence-corrected chi connectivity index (χ1v) is 32.7. The molecule has 492 valence electrons. The van der Waals surface area contributed by atoms with Crippen LogP contribution in [0.4, 0.5) is 0 Å². The minimum absolute atomic E-state index is 0.0545. The fraction of sp³-hybridized carbons (Fsp3) is 0.514. The minimum atomic E-state index is -0.928. The molecule has 6 aliphatic rings. The molecule has 24 heteroatoms. The second kappa shape index (κ2) is 26.6. The van der Waals surface area contributed by atoms with Gasteiger partial charge >= 0.3 is 0 Å². The number of H-pyrrole nitrogens is 2. The Kier molecular flexibility index (Phi) is 18.8. The van der Waals surface area contributed by atoms with E-state index in [1.165, 1.54) is 0 Å². The lowest BCUT2D eigenvalue weighted by molar-refractivity contribution is -0.132. The summed E-state index contributed by atoms with van der Waals surface area (Å²) in [6.07, 6.45) is 6.98. The maximum atomic E-state index is 13.5. The molecule has 2 aliphatic heterocycles. The first-order chi connectivity index (χ1) is 44.9. The number of amides is 6. The minimum Gasteiger partial charge on any atom is -0.345 e. The Balaban J connectivity index is 0.000000192. The summed E-state index contributed by atoms with van der Waals surface area (Å²) in [6.45, 7) is 8.69. The third kappa shape index (κ3) is 12.4. The summed E-state index contributed by atoms with van der Waals surface area (Å²) < 4.78 is 0. The summed E-state index contributed by atoms with van der Waals surface area (Å²) in [5, 5.41) is 58.2. The van der Waals surface area contributed by atoms with Crippen LogP contribution < -0.4 is 10.6 Å². The molecule has 8 atom stereocenters. The first kappa shape index (κ1) is 66.2. The van der Waals surface area contributed by atoms with E-state index in [0.717, 1.165) is 70.2 Å². The van der Waals surface area contributed by atoms with Crippen LogP contribution in [0.5, 0.6) is 0 Å². The molecule has 4 N–H and O–H groups in total. The number of aromatic nitrogens is 8. The van der Waals surface area contributed by atoms with Gasteiger partial charge in [-0.1, -0.05) is 62.4 Å². The Morgan fingerprint density at radius 2 is 0.798 bits per heavy atom. The molecule has 4 fully saturated rings. The van der Waals surface area contributed by atoms with Crippen LogP contribution in [-0.4, -0.2) is 212 Å². The smallest absolute Gasteiger partial charge is 0.253 e. The fourth-order valence-electron chi connectivity index (χ4n) is 15.3. The molecule has 0 bridgehead atoms. The van der Waals surface area contributed by atoms with Crippen molar-refractivity contribution in [3.05, 3.63) is 151 Å². The number of nitriles is 2. The van der Waals surface area contributed by atoms with Crippen LogP contribution in [0.25, 0.3) is 0 Å². The summed E-state index contributed by atoms with van der Waals surface area (Å²) in [4.78, 5) is 89.2. The predicted molar refractivity (Wildman–Crippen MR) is 349 cm³/mol. The number of nitrogens with one attached hydrogen (secondary N) is 4. The van der Waals surface area contributed by atoms with Crippen molar-refractivity contribution in [2.75, 3.05) is 69.5 Å². The number of tetrazole rings is 2. The van der Waals surface area contributed by atoms with Gasteiger partial charge in [0.2, 0.25) is 11.8 Å².